The summed E-state index contributed by atoms with van der Waals surface area (Å²) in [6, 6.07) is 5.74. The molecule has 2 aromatic rings. The second kappa shape index (κ2) is 7.50. The molecule has 0 radical (unpaired) electrons. The standard InChI is InChI=1S/C22H32BNO6/c1-20(2,3)28-19(25)24(8)13-16-11-14-10-15(12-17(26-9)18(14)27-16)23-29-21(4,5)22(6,7)30-23/h10-12H,13H2,1-9H3. The van der Waals surface area contributed by atoms with Gasteiger partial charge in [0.15, 0.2) is 11.3 Å². The Bertz CT molecular complexity index is 927. The summed E-state index contributed by atoms with van der Waals surface area (Å²) in [6.45, 7) is 13.9. The highest BCUT2D eigenvalue weighted by Gasteiger charge is 2.51. The number of carbonyl (C=O) groups is 1. The van der Waals surface area contributed by atoms with Crippen LogP contribution in [0.15, 0.2) is 22.6 Å². The van der Waals surface area contributed by atoms with Crippen LogP contribution in [-0.4, -0.2) is 49.1 Å². The lowest BCUT2D eigenvalue weighted by Crippen LogP contribution is -2.41. The number of amides is 1. The molecule has 2 heterocycles. The number of ether oxygens (including phenoxy) is 2. The summed E-state index contributed by atoms with van der Waals surface area (Å²) >= 11 is 0. The molecule has 0 spiro atoms. The number of furan rings is 1. The number of carbonyl (C=O) groups excluding carboxylic acids is 1. The fourth-order valence-electron chi connectivity index (χ4n) is 3.18. The minimum absolute atomic E-state index is 0.276. The smallest absolute Gasteiger partial charge is 0.493 e. The van der Waals surface area contributed by atoms with Gasteiger partial charge in [-0.1, -0.05) is 6.07 Å². The monoisotopic (exact) mass is 417 g/mol. The van der Waals surface area contributed by atoms with Gasteiger partial charge in [-0.3, -0.25) is 0 Å². The Morgan fingerprint density at radius 2 is 1.70 bits per heavy atom. The lowest BCUT2D eigenvalue weighted by atomic mass is 9.78. The van der Waals surface area contributed by atoms with Crippen LogP contribution in [0.1, 0.15) is 54.2 Å². The first-order valence-electron chi connectivity index (χ1n) is 10.1. The van der Waals surface area contributed by atoms with Crippen LogP contribution in [0.25, 0.3) is 11.0 Å². The molecule has 1 aliphatic heterocycles. The van der Waals surface area contributed by atoms with Crippen LogP contribution in [0.5, 0.6) is 5.75 Å². The van der Waals surface area contributed by atoms with E-state index in [1.54, 1.807) is 14.2 Å². The molecule has 0 bridgehead atoms. The van der Waals surface area contributed by atoms with Gasteiger partial charge in [-0.05, 0) is 66.1 Å². The molecule has 1 amide bonds. The van der Waals surface area contributed by atoms with Crippen molar-refractivity contribution in [3.8, 4) is 5.75 Å². The lowest BCUT2D eigenvalue weighted by Gasteiger charge is -2.32. The fourth-order valence-corrected chi connectivity index (χ4v) is 3.18. The van der Waals surface area contributed by atoms with Gasteiger partial charge in [0.05, 0.1) is 24.9 Å². The van der Waals surface area contributed by atoms with Gasteiger partial charge in [0.25, 0.3) is 0 Å². The van der Waals surface area contributed by atoms with E-state index in [4.69, 9.17) is 23.2 Å². The third-order valence-corrected chi connectivity index (χ3v) is 5.50. The summed E-state index contributed by atoms with van der Waals surface area (Å²) in [5, 5.41) is 0.853. The van der Waals surface area contributed by atoms with E-state index in [1.165, 1.54) is 4.90 Å². The Kier molecular flexibility index (Phi) is 5.62. The molecule has 1 saturated heterocycles. The van der Waals surface area contributed by atoms with Gasteiger partial charge < -0.3 is 28.1 Å². The average molecular weight is 417 g/mol. The molecule has 0 saturated carbocycles. The topological polar surface area (TPSA) is 70.4 Å². The molecule has 0 aliphatic carbocycles. The predicted molar refractivity (Wildman–Crippen MR) is 116 cm³/mol. The van der Waals surface area contributed by atoms with Crippen molar-refractivity contribution in [3.05, 3.63) is 24.0 Å². The summed E-state index contributed by atoms with van der Waals surface area (Å²) in [4.78, 5) is 13.7. The summed E-state index contributed by atoms with van der Waals surface area (Å²) in [5.41, 5.74) is 0.0473. The highest BCUT2D eigenvalue weighted by Crippen LogP contribution is 2.37. The number of nitrogens with zero attached hydrogens (tertiary/aromatic N) is 1. The largest absolute Gasteiger partial charge is 0.494 e. The van der Waals surface area contributed by atoms with Crippen LogP contribution in [-0.2, 0) is 20.6 Å². The van der Waals surface area contributed by atoms with Gasteiger partial charge in [0, 0.05) is 12.4 Å². The van der Waals surface area contributed by atoms with Gasteiger partial charge in [-0.25, -0.2) is 4.79 Å². The van der Waals surface area contributed by atoms with Crippen LogP contribution >= 0.6 is 0 Å². The zero-order chi connectivity index (χ0) is 22.5. The van der Waals surface area contributed by atoms with Crippen molar-refractivity contribution in [2.45, 2.75) is 71.8 Å². The van der Waals surface area contributed by atoms with Gasteiger partial charge in [-0.15, -0.1) is 0 Å². The number of methoxy groups -OCH3 is 1. The van der Waals surface area contributed by atoms with Crippen molar-refractivity contribution < 1.29 is 28.0 Å². The molecular weight excluding hydrogens is 385 g/mol. The van der Waals surface area contributed by atoms with E-state index in [-0.39, 0.29) is 6.54 Å². The van der Waals surface area contributed by atoms with Gasteiger partial charge >= 0.3 is 13.2 Å². The van der Waals surface area contributed by atoms with Crippen LogP contribution < -0.4 is 10.2 Å². The molecule has 1 aliphatic rings. The first-order chi connectivity index (χ1) is 13.7. The maximum absolute atomic E-state index is 12.3. The Hall–Kier alpha value is -2.19. The molecule has 8 heteroatoms. The highest BCUT2D eigenvalue weighted by molar-refractivity contribution is 6.62. The number of hydrogen-bond acceptors (Lipinski definition) is 6. The Morgan fingerprint density at radius 1 is 1.10 bits per heavy atom. The molecule has 1 fully saturated rings. The molecular formula is C22H32BNO6. The van der Waals surface area contributed by atoms with Crippen molar-refractivity contribution in [3.63, 3.8) is 0 Å². The molecule has 7 nitrogen and oxygen atoms in total. The Balaban J connectivity index is 1.87. The Morgan fingerprint density at radius 3 is 2.23 bits per heavy atom. The molecule has 0 unspecified atom stereocenters. The van der Waals surface area contributed by atoms with Gasteiger partial charge in [0.1, 0.15) is 11.4 Å². The molecule has 30 heavy (non-hydrogen) atoms. The van der Waals surface area contributed by atoms with Gasteiger partial charge in [0.2, 0.25) is 0 Å². The fraction of sp³-hybridized carbons (Fsp3) is 0.591. The molecule has 3 rings (SSSR count). The van der Waals surface area contributed by atoms with E-state index >= 15 is 0 Å². The molecule has 1 aromatic carbocycles. The summed E-state index contributed by atoms with van der Waals surface area (Å²) in [5.74, 6) is 1.21. The summed E-state index contributed by atoms with van der Waals surface area (Å²) in [7, 11) is 2.77. The maximum Gasteiger partial charge on any atom is 0.494 e. The molecule has 0 N–H and O–H groups in total. The quantitative estimate of drug-likeness (QED) is 0.698. The summed E-state index contributed by atoms with van der Waals surface area (Å²) in [6.07, 6.45) is -0.409. The van der Waals surface area contributed by atoms with Crippen LogP contribution in [0, 0.1) is 0 Å². The van der Waals surface area contributed by atoms with Crippen molar-refractivity contribution in [2.75, 3.05) is 14.2 Å². The first-order valence-corrected chi connectivity index (χ1v) is 10.1. The zero-order valence-corrected chi connectivity index (χ0v) is 19.4. The van der Waals surface area contributed by atoms with Gasteiger partial charge in [-0.2, -0.15) is 0 Å². The van der Waals surface area contributed by atoms with E-state index in [0.29, 0.717) is 17.1 Å². The second-order valence-electron chi connectivity index (χ2n) is 9.78. The highest BCUT2D eigenvalue weighted by atomic mass is 16.7. The van der Waals surface area contributed by atoms with E-state index in [9.17, 15) is 4.79 Å². The van der Waals surface area contributed by atoms with Crippen molar-refractivity contribution in [2.24, 2.45) is 0 Å². The van der Waals surface area contributed by atoms with Crippen molar-refractivity contribution >= 4 is 29.6 Å². The summed E-state index contributed by atoms with van der Waals surface area (Å²) < 4.78 is 29.3. The number of fused-ring (bicyclic) bond motifs is 1. The first kappa shape index (κ1) is 22.5. The van der Waals surface area contributed by atoms with E-state index in [2.05, 4.69) is 0 Å². The minimum Gasteiger partial charge on any atom is -0.493 e. The lowest BCUT2D eigenvalue weighted by molar-refractivity contribution is 0.00578. The third kappa shape index (κ3) is 4.44. The molecule has 1 aromatic heterocycles. The normalized spacial score (nSPS) is 18.0. The van der Waals surface area contributed by atoms with E-state index in [0.717, 1.165) is 10.8 Å². The molecule has 0 atom stereocenters. The van der Waals surface area contributed by atoms with Crippen molar-refractivity contribution in [1.29, 1.82) is 0 Å². The third-order valence-electron chi connectivity index (χ3n) is 5.50. The maximum atomic E-state index is 12.3. The van der Waals surface area contributed by atoms with E-state index < -0.39 is 30.0 Å². The average Bonchev–Trinajstić information content (AvgIpc) is 3.09. The van der Waals surface area contributed by atoms with Crippen LogP contribution in [0.2, 0.25) is 0 Å². The number of benzene rings is 1. The van der Waals surface area contributed by atoms with Crippen molar-refractivity contribution in [1.82, 2.24) is 4.90 Å². The second-order valence-corrected chi connectivity index (χ2v) is 9.78. The number of rotatable bonds is 4. The predicted octanol–water partition coefficient (Wildman–Crippen LogP) is 4.11. The number of hydrogen-bond donors (Lipinski definition) is 0. The van der Waals surface area contributed by atoms with Crippen LogP contribution in [0.3, 0.4) is 0 Å². The minimum atomic E-state index is -0.555. The zero-order valence-electron chi connectivity index (χ0n) is 19.4. The SMILES string of the molecule is COc1cc(B2OC(C)(C)C(C)(C)O2)cc2cc(CN(C)C(=O)OC(C)(C)C)oc12. The van der Waals surface area contributed by atoms with Crippen LogP contribution in [0.4, 0.5) is 4.79 Å². The molecule has 164 valence electrons. The Labute approximate surface area is 178 Å². The van der Waals surface area contributed by atoms with E-state index in [1.807, 2.05) is 66.7 Å².